The summed E-state index contributed by atoms with van der Waals surface area (Å²) in [6.45, 7) is 3.86. The highest BCUT2D eigenvalue weighted by Gasteiger charge is 2.13. The Hall–Kier alpha value is -2.12. The molecule has 0 aliphatic carbocycles. The summed E-state index contributed by atoms with van der Waals surface area (Å²) in [6.07, 6.45) is 3.19. The molecule has 0 atom stereocenters. The zero-order valence-corrected chi connectivity index (χ0v) is 14.8. The third kappa shape index (κ3) is 3.68. The quantitative estimate of drug-likeness (QED) is 0.558. The standard InChI is InChI=1S/C16H16ClN5OS/c1-10(2)21-14(23)8-24-16-13-7-20-22(15(13)18-9-19-16)12-5-3-4-11(17)6-12/h3-7,9-10H,8H2,1-2H3,(H,21,23). The van der Waals surface area contributed by atoms with Crippen LogP contribution in [0.3, 0.4) is 0 Å². The Kier molecular flexibility index (Phi) is 5.01. The molecule has 2 aromatic heterocycles. The van der Waals surface area contributed by atoms with E-state index in [4.69, 9.17) is 11.6 Å². The maximum atomic E-state index is 11.8. The summed E-state index contributed by atoms with van der Waals surface area (Å²) in [5.41, 5.74) is 1.50. The summed E-state index contributed by atoms with van der Waals surface area (Å²) in [6, 6.07) is 7.51. The maximum absolute atomic E-state index is 11.8. The first-order valence-electron chi connectivity index (χ1n) is 7.41. The molecule has 0 radical (unpaired) electrons. The second kappa shape index (κ2) is 7.19. The number of carbonyl (C=O) groups excluding carboxylic acids is 1. The molecule has 0 spiro atoms. The van der Waals surface area contributed by atoms with Crippen LogP contribution in [0.25, 0.3) is 16.7 Å². The molecule has 0 bridgehead atoms. The average Bonchev–Trinajstić information content (AvgIpc) is 2.97. The van der Waals surface area contributed by atoms with Gasteiger partial charge in [0, 0.05) is 11.1 Å². The van der Waals surface area contributed by atoms with E-state index in [0.717, 1.165) is 16.1 Å². The monoisotopic (exact) mass is 361 g/mol. The smallest absolute Gasteiger partial charge is 0.230 e. The molecule has 0 saturated heterocycles. The van der Waals surface area contributed by atoms with E-state index in [9.17, 15) is 4.79 Å². The van der Waals surface area contributed by atoms with Crippen molar-refractivity contribution in [2.24, 2.45) is 0 Å². The number of hydrogen-bond acceptors (Lipinski definition) is 5. The average molecular weight is 362 g/mol. The molecule has 6 nitrogen and oxygen atoms in total. The molecule has 8 heteroatoms. The van der Waals surface area contributed by atoms with E-state index in [0.29, 0.717) is 16.4 Å². The van der Waals surface area contributed by atoms with Crippen molar-refractivity contribution in [3.63, 3.8) is 0 Å². The molecule has 0 fully saturated rings. The molecule has 124 valence electrons. The lowest BCUT2D eigenvalue weighted by molar-refractivity contribution is -0.119. The molecule has 1 amide bonds. The van der Waals surface area contributed by atoms with Gasteiger partial charge in [-0.2, -0.15) is 5.10 Å². The van der Waals surface area contributed by atoms with Gasteiger partial charge in [-0.3, -0.25) is 4.79 Å². The first-order chi connectivity index (χ1) is 11.5. The lowest BCUT2D eigenvalue weighted by Gasteiger charge is -2.08. The second-order valence-electron chi connectivity index (χ2n) is 5.46. The lowest BCUT2D eigenvalue weighted by Crippen LogP contribution is -2.31. The predicted octanol–water partition coefficient (Wildman–Crippen LogP) is 3.09. The van der Waals surface area contributed by atoms with Gasteiger partial charge in [-0.15, -0.1) is 0 Å². The summed E-state index contributed by atoms with van der Waals surface area (Å²) in [7, 11) is 0. The highest BCUT2D eigenvalue weighted by atomic mass is 35.5. The number of nitrogens with zero attached hydrogens (tertiary/aromatic N) is 4. The summed E-state index contributed by atoms with van der Waals surface area (Å²) in [4.78, 5) is 20.4. The molecule has 0 saturated carbocycles. The van der Waals surface area contributed by atoms with E-state index in [1.807, 2.05) is 32.0 Å². The summed E-state index contributed by atoms with van der Waals surface area (Å²) in [5, 5.41) is 9.41. The Balaban J connectivity index is 1.88. The molecular weight excluding hydrogens is 346 g/mol. The number of carbonyl (C=O) groups is 1. The van der Waals surface area contributed by atoms with Gasteiger partial charge in [0.2, 0.25) is 5.91 Å². The van der Waals surface area contributed by atoms with Crippen LogP contribution in [-0.4, -0.2) is 37.5 Å². The highest BCUT2D eigenvalue weighted by Crippen LogP contribution is 2.26. The van der Waals surface area contributed by atoms with Gasteiger partial charge in [0.15, 0.2) is 5.65 Å². The van der Waals surface area contributed by atoms with Crippen LogP contribution in [0.5, 0.6) is 0 Å². The van der Waals surface area contributed by atoms with E-state index in [2.05, 4.69) is 20.4 Å². The Bertz CT molecular complexity index is 880. The number of nitrogens with one attached hydrogen (secondary N) is 1. The van der Waals surface area contributed by atoms with E-state index >= 15 is 0 Å². The predicted molar refractivity (Wildman–Crippen MR) is 95.7 cm³/mol. The molecule has 0 aliphatic rings. The number of thioether (sulfide) groups is 1. The minimum absolute atomic E-state index is 0.0241. The first kappa shape index (κ1) is 16.7. The third-order valence-corrected chi connectivity index (χ3v) is 4.41. The summed E-state index contributed by atoms with van der Waals surface area (Å²) < 4.78 is 1.71. The zero-order valence-electron chi connectivity index (χ0n) is 13.2. The van der Waals surface area contributed by atoms with Crippen LogP contribution in [0.4, 0.5) is 0 Å². The molecule has 3 rings (SSSR count). The molecule has 1 aromatic carbocycles. The molecule has 2 heterocycles. The van der Waals surface area contributed by atoms with Gasteiger partial charge in [-0.25, -0.2) is 14.6 Å². The lowest BCUT2D eigenvalue weighted by atomic mass is 10.3. The number of halogens is 1. The normalized spacial score (nSPS) is 11.2. The Morgan fingerprint density at radius 2 is 2.21 bits per heavy atom. The zero-order chi connectivity index (χ0) is 17.1. The van der Waals surface area contributed by atoms with E-state index in [1.54, 1.807) is 16.9 Å². The van der Waals surface area contributed by atoms with Crippen molar-refractivity contribution < 1.29 is 4.79 Å². The number of aromatic nitrogens is 4. The molecule has 24 heavy (non-hydrogen) atoms. The van der Waals surface area contributed by atoms with Crippen LogP contribution < -0.4 is 5.32 Å². The fourth-order valence-corrected chi connectivity index (χ4v) is 3.19. The van der Waals surface area contributed by atoms with Gasteiger partial charge >= 0.3 is 0 Å². The van der Waals surface area contributed by atoms with Crippen molar-refractivity contribution in [1.82, 2.24) is 25.1 Å². The van der Waals surface area contributed by atoms with Crippen LogP contribution in [0.1, 0.15) is 13.8 Å². The minimum atomic E-state index is -0.0241. The number of fused-ring (bicyclic) bond motifs is 1. The second-order valence-corrected chi connectivity index (χ2v) is 6.86. The van der Waals surface area contributed by atoms with Gasteiger partial charge in [-0.05, 0) is 32.0 Å². The minimum Gasteiger partial charge on any atom is -0.353 e. The van der Waals surface area contributed by atoms with Crippen LogP contribution in [0, 0.1) is 0 Å². The van der Waals surface area contributed by atoms with Crippen molar-refractivity contribution in [2.45, 2.75) is 24.9 Å². The van der Waals surface area contributed by atoms with Crippen LogP contribution in [0.15, 0.2) is 41.8 Å². The van der Waals surface area contributed by atoms with Gasteiger partial charge < -0.3 is 5.32 Å². The van der Waals surface area contributed by atoms with Crippen molar-refractivity contribution in [2.75, 3.05) is 5.75 Å². The molecule has 0 aliphatic heterocycles. The van der Waals surface area contributed by atoms with Gasteiger partial charge in [0.1, 0.15) is 11.4 Å². The SMILES string of the molecule is CC(C)NC(=O)CSc1ncnc2c1cnn2-c1cccc(Cl)c1. The summed E-state index contributed by atoms with van der Waals surface area (Å²) in [5.74, 6) is 0.274. The van der Waals surface area contributed by atoms with Crippen molar-refractivity contribution >= 4 is 40.3 Å². The van der Waals surface area contributed by atoms with Gasteiger partial charge in [0.05, 0.1) is 23.0 Å². The number of rotatable bonds is 5. The van der Waals surface area contributed by atoms with E-state index < -0.39 is 0 Å². The fourth-order valence-electron chi connectivity index (χ4n) is 2.23. The fraction of sp³-hybridized carbons (Fsp3) is 0.250. The maximum Gasteiger partial charge on any atom is 0.230 e. The van der Waals surface area contributed by atoms with Gasteiger partial charge in [-0.1, -0.05) is 29.4 Å². The number of amides is 1. The van der Waals surface area contributed by atoms with Crippen LogP contribution in [0.2, 0.25) is 5.02 Å². The Morgan fingerprint density at radius 3 is 2.96 bits per heavy atom. The molecule has 3 aromatic rings. The topological polar surface area (TPSA) is 72.7 Å². The van der Waals surface area contributed by atoms with Gasteiger partial charge in [0.25, 0.3) is 0 Å². The van der Waals surface area contributed by atoms with Crippen molar-refractivity contribution in [1.29, 1.82) is 0 Å². The molecular formula is C16H16ClN5OS. The third-order valence-electron chi connectivity index (χ3n) is 3.17. The molecule has 0 unspecified atom stereocenters. The Morgan fingerprint density at radius 1 is 1.38 bits per heavy atom. The van der Waals surface area contributed by atoms with Crippen LogP contribution >= 0.6 is 23.4 Å². The first-order valence-corrected chi connectivity index (χ1v) is 8.78. The summed E-state index contributed by atoms with van der Waals surface area (Å²) >= 11 is 7.42. The largest absolute Gasteiger partial charge is 0.353 e. The number of hydrogen-bond donors (Lipinski definition) is 1. The van der Waals surface area contributed by atoms with E-state index in [1.165, 1.54) is 18.1 Å². The van der Waals surface area contributed by atoms with Crippen molar-refractivity contribution in [3.8, 4) is 5.69 Å². The Labute approximate surface area is 148 Å². The highest BCUT2D eigenvalue weighted by molar-refractivity contribution is 8.00. The number of benzene rings is 1. The molecule has 1 N–H and O–H groups in total. The van der Waals surface area contributed by atoms with Crippen molar-refractivity contribution in [3.05, 3.63) is 41.8 Å². The van der Waals surface area contributed by atoms with E-state index in [-0.39, 0.29) is 11.9 Å². The van der Waals surface area contributed by atoms with Crippen LogP contribution in [-0.2, 0) is 4.79 Å².